The molecule has 1 unspecified atom stereocenters. The molecule has 2 heterocycles. The fourth-order valence-corrected chi connectivity index (χ4v) is 5.74. The molecule has 0 fully saturated rings. The average molecular weight is 804 g/mol. The number of aromatic nitrogens is 2. The second kappa shape index (κ2) is 15.7. The summed E-state index contributed by atoms with van der Waals surface area (Å²) < 4.78 is 2.49. The molecule has 228 valence electrons. The van der Waals surface area contributed by atoms with Crippen molar-refractivity contribution in [3.8, 4) is 21.1 Å². The smallest absolute Gasteiger partial charge is 0.512 e. The molecule has 0 aliphatic carbocycles. The van der Waals surface area contributed by atoms with E-state index in [9.17, 15) is 10.2 Å². The van der Waals surface area contributed by atoms with Crippen LogP contribution in [0.3, 0.4) is 0 Å². The molecule has 0 radical (unpaired) electrons. The summed E-state index contributed by atoms with van der Waals surface area (Å²) >= 11 is 3.48. The fourth-order valence-electron chi connectivity index (χ4n) is 3.80. The summed E-state index contributed by atoms with van der Waals surface area (Å²) in [6, 6.07) is 37.1. The van der Waals surface area contributed by atoms with Crippen molar-refractivity contribution < 1.29 is 31.3 Å². The number of allylic oxidation sites excluding steroid dienone is 1. The Morgan fingerprint density at radius 3 is 1.32 bits per heavy atom. The summed E-state index contributed by atoms with van der Waals surface area (Å²) in [4.78, 5) is 9.20. The van der Waals surface area contributed by atoms with E-state index in [1.165, 1.54) is 26.6 Å². The van der Waals surface area contributed by atoms with Crippen molar-refractivity contribution in [2.75, 3.05) is 0 Å². The number of aliphatic hydroxyl groups excluding tert-OH is 2. The van der Waals surface area contributed by atoms with Crippen LogP contribution in [0.5, 0.6) is 0 Å². The van der Waals surface area contributed by atoms with Crippen molar-refractivity contribution in [2.45, 2.75) is 47.6 Å². The van der Waals surface area contributed by atoms with E-state index >= 15 is 0 Å². The van der Waals surface area contributed by atoms with Gasteiger partial charge in [0.05, 0.1) is 32.3 Å². The van der Waals surface area contributed by atoms with Crippen molar-refractivity contribution in [3.63, 3.8) is 0 Å². The van der Waals surface area contributed by atoms with Crippen LogP contribution in [0.25, 0.3) is 41.6 Å². The molecular formula is C37H40N2O2PtS2+4. The van der Waals surface area contributed by atoms with E-state index in [2.05, 4.69) is 70.6 Å². The predicted molar refractivity (Wildman–Crippen MR) is 186 cm³/mol. The van der Waals surface area contributed by atoms with Gasteiger partial charge in [-0.2, -0.15) is 0 Å². The van der Waals surface area contributed by atoms with E-state index in [4.69, 9.17) is 0 Å². The average Bonchev–Trinajstić information content (AvgIpc) is 3.63. The molecule has 2 aromatic heterocycles. The van der Waals surface area contributed by atoms with Crippen molar-refractivity contribution in [1.29, 1.82) is 0 Å². The Balaban J connectivity index is 0.000000179. The van der Waals surface area contributed by atoms with Gasteiger partial charge in [0.2, 0.25) is 0 Å². The van der Waals surface area contributed by atoms with Gasteiger partial charge in [0, 0.05) is 16.5 Å². The van der Waals surface area contributed by atoms with Crippen LogP contribution in [-0.4, -0.2) is 26.3 Å². The zero-order valence-electron chi connectivity index (χ0n) is 26.0. The summed E-state index contributed by atoms with van der Waals surface area (Å²) in [5.74, 6) is 0.245. The third-order valence-corrected chi connectivity index (χ3v) is 8.77. The third kappa shape index (κ3) is 9.93. The molecule has 0 bridgehead atoms. The quantitative estimate of drug-likeness (QED) is 0.175. The molecule has 0 aliphatic rings. The third-order valence-electron chi connectivity index (χ3n) is 6.60. The Kier molecular flexibility index (Phi) is 12.6. The first kappa shape index (κ1) is 35.3. The van der Waals surface area contributed by atoms with E-state index in [0.29, 0.717) is 0 Å². The number of nitrogens with zero attached hydrogens (tertiary/aromatic N) is 2. The monoisotopic (exact) mass is 803 g/mol. The number of hydrogen-bond acceptors (Lipinski definition) is 6. The number of aliphatic hydroxyl groups is 2. The Morgan fingerprint density at radius 2 is 0.977 bits per heavy atom. The van der Waals surface area contributed by atoms with E-state index in [-0.39, 0.29) is 37.7 Å². The molecule has 4 nitrogen and oxygen atoms in total. The van der Waals surface area contributed by atoms with Gasteiger partial charge in [-0.25, -0.2) is 9.97 Å². The molecule has 4 aromatic carbocycles. The Labute approximate surface area is 283 Å². The number of hydrogen-bond donors (Lipinski definition) is 2. The summed E-state index contributed by atoms with van der Waals surface area (Å²) in [6.07, 6.45) is 0.923. The van der Waals surface area contributed by atoms with Crippen LogP contribution in [0.4, 0.5) is 0 Å². The van der Waals surface area contributed by atoms with Crippen LogP contribution in [0.1, 0.15) is 41.5 Å². The van der Waals surface area contributed by atoms with Gasteiger partial charge in [0.25, 0.3) is 0 Å². The second-order valence-corrected chi connectivity index (χ2v) is 14.4. The molecule has 7 heteroatoms. The van der Waals surface area contributed by atoms with Crippen LogP contribution in [0, 0.1) is 10.8 Å². The first-order valence-electron chi connectivity index (χ1n) is 14.3. The maximum absolute atomic E-state index is 9.68. The van der Waals surface area contributed by atoms with Crippen molar-refractivity contribution in [2.24, 2.45) is 10.8 Å². The minimum Gasteiger partial charge on any atom is -0.512 e. The molecule has 0 amide bonds. The number of para-hydroxylation sites is 2. The van der Waals surface area contributed by atoms with E-state index in [0.717, 1.165) is 21.0 Å². The van der Waals surface area contributed by atoms with Crippen LogP contribution < -0.4 is 0 Å². The topological polar surface area (TPSA) is 66.2 Å². The summed E-state index contributed by atoms with van der Waals surface area (Å²) in [5.41, 5.74) is 4.05. The van der Waals surface area contributed by atoms with Gasteiger partial charge in [0.1, 0.15) is 10.0 Å². The standard InChI is InChI=1S/2C13H9NS.C11H22O2.Pt/c2*1-2-6-10(7-3-1)13-14-11-8-4-5-9-12(11)15-13;1-10(2,3)8(12)7-9(13)11(4,5)6;/h2*1-9H;7-8,12-13H,1-6H3;/q;;;+4/b;;9-7-;. The SMILES string of the molecule is CC(C)(C)/C(O)=C/C(O)C(C)(C)C.[Pt+4].c1ccc(-c2nc3ccccc3s2)cc1.c1ccc(-c2nc3ccccc3s2)cc1. The van der Waals surface area contributed by atoms with Gasteiger partial charge in [-0.15, -0.1) is 22.7 Å². The zero-order chi connectivity index (χ0) is 31.0. The minimum absolute atomic E-state index is 0. The summed E-state index contributed by atoms with van der Waals surface area (Å²) in [5, 5.41) is 21.5. The Bertz CT molecular complexity index is 1590. The maximum atomic E-state index is 9.68. The van der Waals surface area contributed by atoms with Gasteiger partial charge in [-0.05, 0) is 35.8 Å². The molecule has 2 N–H and O–H groups in total. The molecule has 0 spiro atoms. The van der Waals surface area contributed by atoms with Crippen LogP contribution in [0.2, 0.25) is 0 Å². The number of benzene rings is 4. The van der Waals surface area contributed by atoms with Crippen molar-refractivity contribution in [3.05, 3.63) is 121 Å². The van der Waals surface area contributed by atoms with Crippen LogP contribution in [-0.2, 0) is 21.1 Å². The number of rotatable bonds is 3. The molecule has 6 rings (SSSR count). The minimum atomic E-state index is -0.605. The predicted octanol–water partition coefficient (Wildman–Crippen LogP) is 10.8. The first-order chi connectivity index (χ1) is 20.4. The summed E-state index contributed by atoms with van der Waals surface area (Å²) in [6.45, 7) is 11.5. The van der Waals surface area contributed by atoms with Gasteiger partial charge in [-0.1, -0.05) is 126 Å². The van der Waals surface area contributed by atoms with E-state index < -0.39 is 6.10 Å². The maximum Gasteiger partial charge on any atom is 4.00 e. The second-order valence-electron chi connectivity index (χ2n) is 12.3. The van der Waals surface area contributed by atoms with Gasteiger partial charge < -0.3 is 10.2 Å². The van der Waals surface area contributed by atoms with E-state index in [1.807, 2.05) is 90.1 Å². The molecule has 44 heavy (non-hydrogen) atoms. The molecule has 0 saturated heterocycles. The summed E-state index contributed by atoms with van der Waals surface area (Å²) in [7, 11) is 0. The largest absolute Gasteiger partial charge is 4.00 e. The van der Waals surface area contributed by atoms with Crippen molar-refractivity contribution >= 4 is 43.1 Å². The zero-order valence-corrected chi connectivity index (χ0v) is 29.9. The van der Waals surface area contributed by atoms with Gasteiger partial charge in [-0.3, -0.25) is 0 Å². The van der Waals surface area contributed by atoms with Gasteiger partial charge in [0.15, 0.2) is 0 Å². The molecule has 0 saturated carbocycles. The molecule has 1 atom stereocenters. The van der Waals surface area contributed by atoms with Gasteiger partial charge >= 0.3 is 21.1 Å². The fraction of sp³-hybridized carbons (Fsp3) is 0.243. The normalized spacial score (nSPS) is 12.4. The first-order valence-corrected chi connectivity index (χ1v) is 16.0. The Hall–Kier alpha value is -3.15. The Morgan fingerprint density at radius 1 is 0.614 bits per heavy atom. The molecule has 0 aliphatic heterocycles. The number of fused-ring (bicyclic) bond motifs is 2. The van der Waals surface area contributed by atoms with Crippen LogP contribution >= 0.6 is 22.7 Å². The molecule has 6 aromatic rings. The number of thiazole rings is 2. The molecular weight excluding hydrogens is 764 g/mol. The van der Waals surface area contributed by atoms with Crippen LogP contribution in [0.15, 0.2) is 121 Å². The van der Waals surface area contributed by atoms with E-state index in [1.54, 1.807) is 22.7 Å². The van der Waals surface area contributed by atoms with Crippen molar-refractivity contribution in [1.82, 2.24) is 9.97 Å².